The number of hydrogen-bond acceptors (Lipinski definition) is 3. The van der Waals surface area contributed by atoms with Crippen LogP contribution in [0, 0.1) is 19.8 Å². The standard InChI is InChI=1S/C15H22N2O2/c1-9-6-10(2)14(18)13(7-9)17-15(19)12-4-5-16-11(3)8-12/h6-7,11-12,16,18H,4-5,8H2,1-3H3,(H,17,19). The first kappa shape index (κ1) is 13.9. The maximum absolute atomic E-state index is 12.2. The number of amides is 1. The van der Waals surface area contributed by atoms with Gasteiger partial charge in [0.15, 0.2) is 0 Å². The highest BCUT2D eigenvalue weighted by Gasteiger charge is 2.25. The van der Waals surface area contributed by atoms with Crippen LogP contribution in [-0.4, -0.2) is 23.6 Å². The number of hydrogen-bond donors (Lipinski definition) is 3. The highest BCUT2D eigenvalue weighted by molar-refractivity contribution is 5.94. The molecule has 0 aromatic heterocycles. The first-order chi connectivity index (χ1) is 8.97. The van der Waals surface area contributed by atoms with Gasteiger partial charge in [-0.1, -0.05) is 6.07 Å². The molecule has 2 unspecified atom stereocenters. The normalized spacial score (nSPS) is 23.1. The number of carbonyl (C=O) groups is 1. The van der Waals surface area contributed by atoms with Gasteiger partial charge >= 0.3 is 0 Å². The topological polar surface area (TPSA) is 61.4 Å². The number of benzene rings is 1. The maximum atomic E-state index is 12.2. The lowest BCUT2D eigenvalue weighted by molar-refractivity contribution is -0.120. The molecule has 3 N–H and O–H groups in total. The zero-order chi connectivity index (χ0) is 14.0. The lowest BCUT2D eigenvalue weighted by Gasteiger charge is -2.27. The Labute approximate surface area is 114 Å². The van der Waals surface area contributed by atoms with Crippen LogP contribution in [0.5, 0.6) is 5.75 Å². The molecule has 4 nitrogen and oxygen atoms in total. The van der Waals surface area contributed by atoms with Crippen molar-refractivity contribution in [2.24, 2.45) is 5.92 Å². The molecule has 0 radical (unpaired) electrons. The van der Waals surface area contributed by atoms with Gasteiger partial charge in [0.2, 0.25) is 5.91 Å². The van der Waals surface area contributed by atoms with Gasteiger partial charge in [0.25, 0.3) is 0 Å². The van der Waals surface area contributed by atoms with E-state index in [1.54, 1.807) is 0 Å². The van der Waals surface area contributed by atoms with Gasteiger partial charge in [0.1, 0.15) is 5.75 Å². The Bertz CT molecular complexity index is 485. The van der Waals surface area contributed by atoms with E-state index in [4.69, 9.17) is 0 Å². The Balaban J connectivity index is 2.10. The third-order valence-corrected chi connectivity index (χ3v) is 3.70. The van der Waals surface area contributed by atoms with E-state index in [0.717, 1.165) is 30.5 Å². The first-order valence-corrected chi connectivity index (χ1v) is 6.82. The highest BCUT2D eigenvalue weighted by atomic mass is 16.3. The molecule has 0 saturated carbocycles. The number of piperidine rings is 1. The lowest BCUT2D eigenvalue weighted by atomic mass is 9.92. The smallest absolute Gasteiger partial charge is 0.227 e. The molecule has 4 heteroatoms. The number of nitrogens with one attached hydrogen (secondary N) is 2. The third-order valence-electron chi connectivity index (χ3n) is 3.70. The number of aromatic hydroxyl groups is 1. The molecule has 1 aromatic rings. The van der Waals surface area contributed by atoms with Gasteiger partial charge in [-0.15, -0.1) is 0 Å². The Hall–Kier alpha value is -1.55. The van der Waals surface area contributed by atoms with Gasteiger partial charge in [-0.3, -0.25) is 4.79 Å². The average molecular weight is 262 g/mol. The van der Waals surface area contributed by atoms with Crippen molar-refractivity contribution < 1.29 is 9.90 Å². The molecule has 1 aromatic carbocycles. The van der Waals surface area contributed by atoms with Crippen molar-refractivity contribution in [3.63, 3.8) is 0 Å². The molecular formula is C15H22N2O2. The summed E-state index contributed by atoms with van der Waals surface area (Å²) >= 11 is 0. The van der Waals surface area contributed by atoms with E-state index in [2.05, 4.69) is 17.6 Å². The number of anilines is 1. The van der Waals surface area contributed by atoms with Gasteiger partial charge in [-0.05, 0) is 57.4 Å². The van der Waals surface area contributed by atoms with Crippen molar-refractivity contribution in [1.29, 1.82) is 0 Å². The van der Waals surface area contributed by atoms with Crippen molar-refractivity contribution in [2.75, 3.05) is 11.9 Å². The second kappa shape index (κ2) is 5.61. The molecule has 1 amide bonds. The molecule has 0 spiro atoms. The van der Waals surface area contributed by atoms with Gasteiger partial charge in [0.05, 0.1) is 5.69 Å². The van der Waals surface area contributed by atoms with E-state index >= 15 is 0 Å². The highest BCUT2D eigenvalue weighted by Crippen LogP contribution is 2.29. The van der Waals surface area contributed by atoms with Gasteiger partial charge in [-0.25, -0.2) is 0 Å². The van der Waals surface area contributed by atoms with Crippen LogP contribution < -0.4 is 10.6 Å². The summed E-state index contributed by atoms with van der Waals surface area (Å²) in [4.78, 5) is 12.2. The van der Waals surface area contributed by atoms with Crippen LogP contribution in [0.4, 0.5) is 5.69 Å². The predicted octanol–water partition coefficient (Wildman–Crippen LogP) is 2.34. The van der Waals surface area contributed by atoms with Crippen molar-refractivity contribution >= 4 is 11.6 Å². The second-order valence-corrected chi connectivity index (χ2v) is 5.54. The summed E-state index contributed by atoms with van der Waals surface area (Å²) in [5.74, 6) is 0.200. The Morgan fingerprint density at radius 2 is 2.16 bits per heavy atom. The van der Waals surface area contributed by atoms with Crippen LogP contribution in [0.1, 0.15) is 30.9 Å². The summed E-state index contributed by atoms with van der Waals surface area (Å²) < 4.78 is 0. The van der Waals surface area contributed by atoms with Gasteiger partial charge in [-0.2, -0.15) is 0 Å². The molecule has 104 valence electrons. The van der Waals surface area contributed by atoms with Crippen molar-refractivity contribution in [3.05, 3.63) is 23.3 Å². The molecule has 19 heavy (non-hydrogen) atoms. The molecule has 2 atom stereocenters. The molecule has 1 aliphatic rings. The van der Waals surface area contributed by atoms with E-state index in [9.17, 15) is 9.90 Å². The summed E-state index contributed by atoms with van der Waals surface area (Å²) in [6.07, 6.45) is 1.69. The van der Waals surface area contributed by atoms with E-state index in [1.165, 1.54) is 0 Å². The minimum Gasteiger partial charge on any atom is -0.505 e. The van der Waals surface area contributed by atoms with Crippen LogP contribution in [0.3, 0.4) is 0 Å². The third kappa shape index (κ3) is 3.26. The molecule has 2 rings (SSSR count). The largest absolute Gasteiger partial charge is 0.505 e. The van der Waals surface area contributed by atoms with Crippen LogP contribution >= 0.6 is 0 Å². The van der Waals surface area contributed by atoms with Crippen molar-refractivity contribution in [2.45, 2.75) is 39.7 Å². The number of aryl methyl sites for hydroxylation is 2. The Morgan fingerprint density at radius 3 is 2.84 bits per heavy atom. The fourth-order valence-corrected chi connectivity index (χ4v) is 2.66. The molecular weight excluding hydrogens is 240 g/mol. The molecule has 1 heterocycles. The van der Waals surface area contributed by atoms with E-state index in [0.29, 0.717) is 11.7 Å². The van der Waals surface area contributed by atoms with Crippen molar-refractivity contribution in [1.82, 2.24) is 5.32 Å². The molecule has 1 saturated heterocycles. The molecule has 1 aliphatic heterocycles. The minimum atomic E-state index is 0.00801. The van der Waals surface area contributed by atoms with Gasteiger partial charge < -0.3 is 15.7 Å². The summed E-state index contributed by atoms with van der Waals surface area (Å²) in [5, 5.41) is 16.2. The summed E-state index contributed by atoms with van der Waals surface area (Å²) in [5.41, 5.74) is 2.34. The lowest BCUT2D eigenvalue weighted by Crippen LogP contribution is -2.40. The first-order valence-electron chi connectivity index (χ1n) is 6.82. The van der Waals surface area contributed by atoms with E-state index in [1.807, 2.05) is 26.0 Å². The number of rotatable bonds is 2. The average Bonchev–Trinajstić information content (AvgIpc) is 2.35. The quantitative estimate of drug-likeness (QED) is 0.717. The van der Waals surface area contributed by atoms with Crippen molar-refractivity contribution in [3.8, 4) is 5.75 Å². The summed E-state index contributed by atoms with van der Waals surface area (Å²) in [6.45, 7) is 6.76. The zero-order valence-corrected chi connectivity index (χ0v) is 11.8. The molecule has 1 fully saturated rings. The number of phenols is 1. The summed E-state index contributed by atoms with van der Waals surface area (Å²) in [7, 11) is 0. The fourth-order valence-electron chi connectivity index (χ4n) is 2.66. The fraction of sp³-hybridized carbons (Fsp3) is 0.533. The minimum absolute atomic E-state index is 0.00801. The maximum Gasteiger partial charge on any atom is 0.227 e. The molecule has 0 bridgehead atoms. The van der Waals surface area contributed by atoms with E-state index in [-0.39, 0.29) is 17.6 Å². The second-order valence-electron chi connectivity index (χ2n) is 5.54. The Morgan fingerprint density at radius 1 is 1.42 bits per heavy atom. The SMILES string of the molecule is Cc1cc(C)c(O)c(NC(=O)C2CCNC(C)C2)c1. The molecule has 0 aliphatic carbocycles. The monoisotopic (exact) mass is 262 g/mol. The number of phenolic OH excluding ortho intramolecular Hbond substituents is 1. The van der Waals surface area contributed by atoms with Gasteiger partial charge in [0, 0.05) is 12.0 Å². The number of carbonyl (C=O) groups excluding carboxylic acids is 1. The summed E-state index contributed by atoms with van der Waals surface area (Å²) in [6, 6.07) is 4.08. The van der Waals surface area contributed by atoms with Crippen LogP contribution in [0.25, 0.3) is 0 Å². The van der Waals surface area contributed by atoms with Crippen LogP contribution in [0.2, 0.25) is 0 Å². The predicted molar refractivity (Wildman–Crippen MR) is 76.4 cm³/mol. The Kier molecular flexibility index (Phi) is 4.10. The van der Waals surface area contributed by atoms with Crippen LogP contribution in [0.15, 0.2) is 12.1 Å². The zero-order valence-electron chi connectivity index (χ0n) is 11.8. The van der Waals surface area contributed by atoms with E-state index < -0.39 is 0 Å². The van der Waals surface area contributed by atoms with Crippen LogP contribution in [-0.2, 0) is 4.79 Å².